The number of benzene rings is 1. The second kappa shape index (κ2) is 3.39. The molecule has 0 fully saturated rings. The molecule has 0 saturated carbocycles. The van der Waals surface area contributed by atoms with Crippen LogP contribution in [0.5, 0.6) is 5.75 Å². The summed E-state index contributed by atoms with van der Waals surface area (Å²) in [6, 6.07) is 6.77. The fourth-order valence-electron chi connectivity index (χ4n) is 1.79. The van der Waals surface area contributed by atoms with Crippen LogP contribution in [0.2, 0.25) is 0 Å². The summed E-state index contributed by atoms with van der Waals surface area (Å²) in [6.07, 6.45) is 0. The van der Waals surface area contributed by atoms with Crippen LogP contribution in [0.15, 0.2) is 29.3 Å². The maximum atomic E-state index is 12.3. The minimum Gasteiger partial charge on any atom is -0.507 e. The Balaban J connectivity index is 2.57. The van der Waals surface area contributed by atoms with Gasteiger partial charge in [0.15, 0.2) is 11.1 Å². The van der Waals surface area contributed by atoms with Crippen LogP contribution >= 0.6 is 0 Å². The van der Waals surface area contributed by atoms with E-state index in [1.54, 1.807) is 24.3 Å². The zero-order valence-corrected chi connectivity index (χ0v) is 10.6. The molecule has 0 aromatic heterocycles. The van der Waals surface area contributed by atoms with E-state index in [4.69, 9.17) is 0 Å². The van der Waals surface area contributed by atoms with Crippen molar-refractivity contribution >= 4 is 5.84 Å². The maximum absolute atomic E-state index is 12.3. The van der Waals surface area contributed by atoms with Crippen LogP contribution in [0.4, 0.5) is 0 Å². The summed E-state index contributed by atoms with van der Waals surface area (Å²) in [4.78, 5) is 16.7. The molecule has 0 amide bonds. The molecule has 1 aliphatic heterocycles. The molecule has 0 unspecified atom stereocenters. The fourth-order valence-corrected chi connectivity index (χ4v) is 1.79. The number of nitrogens with zero attached hydrogens (tertiary/aromatic N) is 2. The Morgan fingerprint density at radius 3 is 2.24 bits per heavy atom. The molecule has 4 heteroatoms. The normalized spacial score (nSPS) is 21.4. The number of rotatable bonds is 1. The number of hydrogen-bond acceptors (Lipinski definition) is 3. The second-order valence-electron chi connectivity index (χ2n) is 5.36. The standard InChI is InChI=1S/C13H16N2O2/c1-12(2)13(3,4)15(17)11(14-12)9-7-5-6-8-10(9)16/h5-8H,1-4H3/p+1. The topological polar surface area (TPSA) is 52.7 Å². The minimum absolute atomic E-state index is 0.0839. The highest BCUT2D eigenvalue weighted by Crippen LogP contribution is 2.37. The van der Waals surface area contributed by atoms with Crippen molar-refractivity contribution in [2.75, 3.05) is 0 Å². The van der Waals surface area contributed by atoms with Gasteiger partial charge in [-0.1, -0.05) is 22.0 Å². The summed E-state index contributed by atoms with van der Waals surface area (Å²) in [6.45, 7) is 7.56. The van der Waals surface area contributed by atoms with Gasteiger partial charge in [-0.25, -0.2) is 0 Å². The van der Waals surface area contributed by atoms with Gasteiger partial charge in [-0.2, -0.15) is 0 Å². The lowest BCUT2D eigenvalue weighted by Crippen LogP contribution is -2.47. The smallest absolute Gasteiger partial charge is 0.368 e. The summed E-state index contributed by atoms with van der Waals surface area (Å²) < 4.78 is 0.891. The number of phenols is 1. The van der Waals surface area contributed by atoms with Crippen LogP contribution in [0.1, 0.15) is 33.3 Å². The molecule has 0 radical (unpaired) electrons. The van der Waals surface area contributed by atoms with Crippen molar-refractivity contribution in [1.82, 2.24) is 0 Å². The van der Waals surface area contributed by atoms with Crippen LogP contribution in [0.3, 0.4) is 0 Å². The van der Waals surface area contributed by atoms with Gasteiger partial charge in [-0.3, -0.25) is 0 Å². The molecule has 0 saturated heterocycles. The molecule has 0 bridgehead atoms. The van der Waals surface area contributed by atoms with Crippen molar-refractivity contribution in [3.8, 4) is 5.75 Å². The number of hydrogen-bond donors (Lipinski definition) is 1. The first-order chi connectivity index (χ1) is 7.77. The Bertz CT molecular complexity index is 516. The fraction of sp³-hybridized carbons (Fsp3) is 0.462. The van der Waals surface area contributed by atoms with E-state index >= 15 is 0 Å². The molecule has 1 heterocycles. The number of para-hydroxylation sites is 1. The van der Waals surface area contributed by atoms with Crippen molar-refractivity contribution in [2.24, 2.45) is 4.99 Å². The molecule has 0 spiro atoms. The van der Waals surface area contributed by atoms with E-state index in [0.717, 1.165) is 4.76 Å². The third-order valence-corrected chi connectivity index (χ3v) is 3.73. The van der Waals surface area contributed by atoms with E-state index in [-0.39, 0.29) is 5.75 Å². The molecule has 1 N–H and O–H groups in total. The predicted octanol–water partition coefficient (Wildman–Crippen LogP) is 2.49. The van der Waals surface area contributed by atoms with Gasteiger partial charge in [-0.15, -0.1) is 0 Å². The number of aliphatic imine (C=N–C) groups is 1. The van der Waals surface area contributed by atoms with Gasteiger partial charge in [-0.05, 0) is 44.6 Å². The molecule has 17 heavy (non-hydrogen) atoms. The molecule has 0 atom stereocenters. The average molecular weight is 233 g/mol. The summed E-state index contributed by atoms with van der Waals surface area (Å²) in [5, 5.41) is 9.78. The van der Waals surface area contributed by atoms with Gasteiger partial charge < -0.3 is 5.11 Å². The SMILES string of the molecule is CC1(C)N=C(c2ccccc2O)[N+](=O)C1(C)C. The van der Waals surface area contributed by atoms with E-state index in [9.17, 15) is 10.0 Å². The Morgan fingerprint density at radius 1 is 1.18 bits per heavy atom. The van der Waals surface area contributed by atoms with Crippen LogP contribution in [0.25, 0.3) is 0 Å². The van der Waals surface area contributed by atoms with Gasteiger partial charge in [0.05, 0.1) is 0 Å². The summed E-state index contributed by atoms with van der Waals surface area (Å²) in [5.41, 5.74) is -0.613. The zero-order chi connectivity index (χ0) is 12.8. The third kappa shape index (κ3) is 1.55. The van der Waals surface area contributed by atoms with Gasteiger partial charge in [0.25, 0.3) is 0 Å². The molecule has 1 aromatic carbocycles. The largest absolute Gasteiger partial charge is 0.507 e. The minimum atomic E-state index is -0.620. The molecule has 1 aromatic rings. The van der Waals surface area contributed by atoms with Gasteiger partial charge in [0.1, 0.15) is 11.3 Å². The first-order valence-electron chi connectivity index (χ1n) is 5.63. The zero-order valence-electron chi connectivity index (χ0n) is 10.6. The maximum Gasteiger partial charge on any atom is 0.368 e. The molecule has 4 nitrogen and oxygen atoms in total. The van der Waals surface area contributed by atoms with Crippen LogP contribution in [0, 0.1) is 4.91 Å². The van der Waals surface area contributed by atoms with Crippen LogP contribution in [-0.2, 0) is 0 Å². The van der Waals surface area contributed by atoms with Crippen molar-refractivity contribution < 1.29 is 9.87 Å². The number of phenolic OH excluding ortho intramolecular Hbond substituents is 1. The Kier molecular flexibility index (Phi) is 2.35. The van der Waals surface area contributed by atoms with E-state index in [2.05, 4.69) is 4.99 Å². The highest BCUT2D eigenvalue weighted by atomic mass is 16.3. The van der Waals surface area contributed by atoms with Crippen LogP contribution < -0.4 is 0 Å². The molecule has 90 valence electrons. The van der Waals surface area contributed by atoms with Crippen LogP contribution in [-0.4, -0.2) is 26.8 Å². The Morgan fingerprint density at radius 2 is 1.76 bits per heavy atom. The molecule has 2 rings (SSSR count). The van der Waals surface area contributed by atoms with Crippen molar-refractivity contribution in [2.45, 2.75) is 38.8 Å². The predicted molar refractivity (Wildman–Crippen MR) is 66.4 cm³/mol. The Hall–Kier alpha value is -1.71. The molecular formula is C13H17N2O2+. The van der Waals surface area contributed by atoms with Gasteiger partial charge in [0.2, 0.25) is 0 Å². The summed E-state index contributed by atoms with van der Waals surface area (Å²) >= 11 is 0. The lowest BCUT2D eigenvalue weighted by molar-refractivity contribution is -0.514. The molecule has 1 aliphatic rings. The van der Waals surface area contributed by atoms with E-state index in [1.807, 2.05) is 27.7 Å². The van der Waals surface area contributed by atoms with E-state index in [0.29, 0.717) is 11.4 Å². The molecule has 0 aliphatic carbocycles. The quantitative estimate of drug-likeness (QED) is 0.758. The first-order valence-corrected chi connectivity index (χ1v) is 5.63. The first kappa shape index (κ1) is 11.8. The van der Waals surface area contributed by atoms with Gasteiger partial charge in [0, 0.05) is 0 Å². The lowest BCUT2D eigenvalue weighted by Gasteiger charge is -2.22. The van der Waals surface area contributed by atoms with Crippen molar-refractivity contribution in [1.29, 1.82) is 0 Å². The monoisotopic (exact) mass is 233 g/mol. The molecular weight excluding hydrogens is 216 g/mol. The third-order valence-electron chi connectivity index (χ3n) is 3.73. The number of nitroso groups, excluding NO2 is 1. The number of aromatic hydroxyl groups is 1. The van der Waals surface area contributed by atoms with E-state index < -0.39 is 11.1 Å². The Labute approximate surface area is 101 Å². The highest BCUT2D eigenvalue weighted by Gasteiger charge is 2.59. The highest BCUT2D eigenvalue weighted by molar-refractivity contribution is 5.96. The van der Waals surface area contributed by atoms with Crippen molar-refractivity contribution in [3.05, 3.63) is 34.7 Å². The summed E-state index contributed by atoms with van der Waals surface area (Å²) in [5.74, 6) is 0.388. The number of amidine groups is 1. The summed E-state index contributed by atoms with van der Waals surface area (Å²) in [7, 11) is 0. The van der Waals surface area contributed by atoms with E-state index in [1.165, 1.54) is 0 Å². The van der Waals surface area contributed by atoms with Gasteiger partial charge >= 0.3 is 5.84 Å². The van der Waals surface area contributed by atoms with Crippen molar-refractivity contribution in [3.63, 3.8) is 0 Å². The lowest BCUT2D eigenvalue weighted by atomic mass is 9.84. The average Bonchev–Trinajstić information content (AvgIpc) is 2.40. The second-order valence-corrected chi connectivity index (χ2v) is 5.36.